The Morgan fingerprint density at radius 2 is 1.62 bits per heavy atom. The number of rotatable bonds is 7. The van der Waals surface area contributed by atoms with Gasteiger partial charge in [-0.3, -0.25) is 0 Å². The fourth-order valence-electron chi connectivity index (χ4n) is 3.28. The fraction of sp³-hybridized carbons (Fsp3) is 0.0741. The maximum Gasteiger partial charge on any atom is 0.430 e. The monoisotopic (exact) mass is 542 g/mol. The summed E-state index contributed by atoms with van der Waals surface area (Å²) in [5, 5.41) is 0. The molecule has 0 fully saturated rings. The predicted molar refractivity (Wildman–Crippen MR) is 140 cm³/mol. The second kappa shape index (κ2) is 10.6. The lowest BCUT2D eigenvalue weighted by molar-refractivity contribution is -0.0925. The van der Waals surface area contributed by atoms with Crippen LogP contribution in [0.4, 0.5) is 18.9 Å². The predicted octanol–water partition coefficient (Wildman–Crippen LogP) is 7.14. The maximum absolute atomic E-state index is 13.3. The third-order valence-corrected chi connectivity index (χ3v) is 7.34. The highest BCUT2D eigenvalue weighted by molar-refractivity contribution is 7.90. The minimum absolute atomic E-state index is 0.00204. The Hall–Kier alpha value is -3.89. The van der Waals surface area contributed by atoms with E-state index in [4.69, 9.17) is 10.5 Å². The Balaban J connectivity index is 1.74. The summed E-state index contributed by atoms with van der Waals surface area (Å²) in [7, 11) is -3.42. The second-order valence-electron chi connectivity index (χ2n) is 7.97. The Labute approximate surface area is 216 Å². The topological polar surface area (TPSA) is 81.8 Å². The van der Waals surface area contributed by atoms with Crippen LogP contribution in [0, 0.1) is 0 Å². The lowest BCUT2D eigenvalue weighted by Gasteiger charge is -2.08. The Kier molecular flexibility index (Phi) is 7.51. The molecule has 0 saturated carbocycles. The second-order valence-corrected chi connectivity index (χ2v) is 11.1. The van der Waals surface area contributed by atoms with Crippen LogP contribution in [-0.2, 0) is 9.84 Å². The SMILES string of the molecule is CS(=O)(=O)c1cccc(-c2ccc(C(C=C(N)C(F)(F)F)=Nc3cccc(Oc4ccccc4)c3)s2)c1. The van der Waals surface area contributed by atoms with Crippen LogP contribution in [0.5, 0.6) is 11.5 Å². The number of alkyl halides is 3. The van der Waals surface area contributed by atoms with Crippen LogP contribution in [0.25, 0.3) is 10.4 Å². The van der Waals surface area contributed by atoms with Gasteiger partial charge >= 0.3 is 6.18 Å². The van der Waals surface area contributed by atoms with Crippen LogP contribution in [0.15, 0.2) is 113 Å². The van der Waals surface area contributed by atoms with Crippen molar-refractivity contribution in [2.24, 2.45) is 10.7 Å². The number of aliphatic imine (C=N–C) groups is 1. The van der Waals surface area contributed by atoms with Crippen molar-refractivity contribution in [1.29, 1.82) is 0 Å². The van der Waals surface area contributed by atoms with Crippen LogP contribution < -0.4 is 10.5 Å². The van der Waals surface area contributed by atoms with Crippen molar-refractivity contribution in [3.05, 3.63) is 108 Å². The van der Waals surface area contributed by atoms with Gasteiger partial charge < -0.3 is 10.5 Å². The van der Waals surface area contributed by atoms with Crippen molar-refractivity contribution in [2.45, 2.75) is 11.1 Å². The zero-order chi connectivity index (χ0) is 26.6. The normalized spacial score (nSPS) is 13.0. The average molecular weight is 543 g/mol. The van der Waals surface area contributed by atoms with Crippen LogP contribution >= 0.6 is 11.3 Å². The van der Waals surface area contributed by atoms with Gasteiger partial charge in [-0.2, -0.15) is 13.2 Å². The highest BCUT2D eigenvalue weighted by Crippen LogP contribution is 2.33. The largest absolute Gasteiger partial charge is 0.457 e. The number of hydrogen-bond acceptors (Lipinski definition) is 6. The lowest BCUT2D eigenvalue weighted by atomic mass is 10.2. The third kappa shape index (κ3) is 6.87. The molecule has 0 amide bonds. The molecule has 0 saturated heterocycles. The third-order valence-electron chi connectivity index (χ3n) is 5.07. The van der Waals surface area contributed by atoms with E-state index in [0.29, 0.717) is 32.5 Å². The molecular formula is C27H21F3N2O3S2. The molecule has 0 aliphatic rings. The number of benzene rings is 3. The van der Waals surface area contributed by atoms with Crippen LogP contribution in [-0.4, -0.2) is 26.6 Å². The van der Waals surface area contributed by atoms with Gasteiger partial charge in [-0.15, -0.1) is 11.3 Å². The van der Waals surface area contributed by atoms with Gasteiger partial charge in [0, 0.05) is 17.2 Å². The van der Waals surface area contributed by atoms with E-state index in [-0.39, 0.29) is 10.6 Å². The van der Waals surface area contributed by atoms with Crippen LogP contribution in [0.1, 0.15) is 4.88 Å². The van der Waals surface area contributed by atoms with Crippen molar-refractivity contribution in [3.8, 4) is 21.9 Å². The summed E-state index contributed by atoms with van der Waals surface area (Å²) in [5.74, 6) is 1.06. The number of hydrogen-bond donors (Lipinski definition) is 1. The zero-order valence-electron chi connectivity index (χ0n) is 19.4. The Morgan fingerprint density at radius 3 is 2.32 bits per heavy atom. The molecule has 1 aromatic heterocycles. The maximum atomic E-state index is 13.3. The van der Waals surface area contributed by atoms with E-state index in [0.717, 1.165) is 12.3 Å². The van der Waals surface area contributed by atoms with Crippen LogP contribution in [0.3, 0.4) is 0 Å². The molecule has 3 aromatic carbocycles. The number of para-hydroxylation sites is 1. The molecule has 0 aliphatic carbocycles. The smallest absolute Gasteiger partial charge is 0.430 e. The number of nitrogens with two attached hydrogens (primary N) is 1. The van der Waals surface area contributed by atoms with Crippen molar-refractivity contribution >= 4 is 32.6 Å². The molecule has 0 unspecified atom stereocenters. The van der Waals surface area contributed by atoms with Crippen molar-refractivity contribution < 1.29 is 26.3 Å². The number of allylic oxidation sites excluding steroid dienone is 2. The van der Waals surface area contributed by atoms with Crippen molar-refractivity contribution in [2.75, 3.05) is 6.26 Å². The highest BCUT2D eigenvalue weighted by Gasteiger charge is 2.32. The molecule has 5 nitrogen and oxygen atoms in total. The van der Waals surface area contributed by atoms with Gasteiger partial charge in [0.2, 0.25) is 0 Å². The number of nitrogens with zero attached hydrogens (tertiary/aromatic N) is 1. The van der Waals surface area contributed by atoms with E-state index < -0.39 is 21.7 Å². The van der Waals surface area contributed by atoms with Gasteiger partial charge in [-0.25, -0.2) is 13.4 Å². The quantitative estimate of drug-likeness (QED) is 0.252. The summed E-state index contributed by atoms with van der Waals surface area (Å²) in [6.07, 6.45) is -2.84. The van der Waals surface area contributed by atoms with Crippen LogP contribution in [0.2, 0.25) is 0 Å². The standard InChI is InChI=1S/C27H21F3N2O3S2/c1-37(33,34)22-12-5-7-18(15-22)24-13-14-25(36-24)23(17-26(31)27(28,29)30)32-19-8-6-11-21(16-19)35-20-9-3-2-4-10-20/h2-17H,31H2,1H3. The first-order valence-corrected chi connectivity index (χ1v) is 13.6. The van der Waals surface area contributed by atoms with E-state index >= 15 is 0 Å². The average Bonchev–Trinajstić information content (AvgIpc) is 3.34. The molecule has 190 valence electrons. The van der Waals surface area contributed by atoms with Gasteiger partial charge in [0.15, 0.2) is 9.84 Å². The van der Waals surface area contributed by atoms with Crippen molar-refractivity contribution in [3.63, 3.8) is 0 Å². The number of thiophene rings is 1. The summed E-state index contributed by atoms with van der Waals surface area (Å²) >= 11 is 1.17. The summed E-state index contributed by atoms with van der Waals surface area (Å²) < 4.78 is 69.5. The van der Waals surface area contributed by atoms with E-state index in [1.807, 2.05) is 18.2 Å². The van der Waals surface area contributed by atoms with Gasteiger partial charge in [0.1, 0.15) is 17.2 Å². The Bertz CT molecular complexity index is 1580. The summed E-state index contributed by atoms with van der Waals surface area (Å²) in [5.41, 5.74) is 5.02. The lowest BCUT2D eigenvalue weighted by Crippen LogP contribution is -2.20. The van der Waals surface area contributed by atoms with Gasteiger partial charge in [0.05, 0.1) is 21.2 Å². The molecule has 10 heteroatoms. The molecule has 0 bridgehead atoms. The molecule has 0 atom stereocenters. The van der Waals surface area contributed by atoms with Gasteiger partial charge in [-0.05, 0) is 60.2 Å². The molecule has 4 aromatic rings. The summed E-state index contributed by atoms with van der Waals surface area (Å²) in [4.78, 5) is 5.67. The Morgan fingerprint density at radius 1 is 0.919 bits per heavy atom. The molecule has 0 radical (unpaired) electrons. The van der Waals surface area contributed by atoms with Gasteiger partial charge in [-0.1, -0.05) is 36.4 Å². The van der Waals surface area contributed by atoms with E-state index in [1.165, 1.54) is 23.5 Å². The first-order chi connectivity index (χ1) is 17.5. The number of sulfone groups is 1. The number of ether oxygens (including phenoxy) is 1. The minimum Gasteiger partial charge on any atom is -0.457 e. The fourth-order valence-corrected chi connectivity index (χ4v) is 4.91. The molecule has 0 aliphatic heterocycles. The van der Waals surface area contributed by atoms with Gasteiger partial charge in [0.25, 0.3) is 0 Å². The molecule has 37 heavy (non-hydrogen) atoms. The van der Waals surface area contributed by atoms with E-state index in [1.54, 1.807) is 60.7 Å². The highest BCUT2D eigenvalue weighted by atomic mass is 32.2. The van der Waals surface area contributed by atoms with Crippen molar-refractivity contribution in [1.82, 2.24) is 0 Å². The van der Waals surface area contributed by atoms with E-state index in [9.17, 15) is 21.6 Å². The first-order valence-electron chi connectivity index (χ1n) is 10.9. The summed E-state index contributed by atoms with van der Waals surface area (Å²) in [6.45, 7) is 0. The van der Waals surface area contributed by atoms with E-state index in [2.05, 4.69) is 4.99 Å². The zero-order valence-corrected chi connectivity index (χ0v) is 21.1. The molecule has 0 spiro atoms. The molecular weight excluding hydrogens is 521 g/mol. The molecule has 4 rings (SSSR count). The summed E-state index contributed by atoms with van der Waals surface area (Å²) in [6, 6.07) is 25.3. The minimum atomic E-state index is -4.73. The first kappa shape index (κ1) is 26.2. The number of halogens is 3. The molecule has 2 N–H and O–H groups in total. The molecule has 1 heterocycles.